The third-order valence-electron chi connectivity index (χ3n) is 2.11. The molecule has 2 unspecified atom stereocenters. The maximum absolute atomic E-state index is 5.43. The maximum atomic E-state index is 5.43. The van der Waals surface area contributed by atoms with E-state index >= 15 is 0 Å². The zero-order chi connectivity index (χ0) is 9.40. The standard InChI is InChI=1S/C11H21N/c1-5-8-10(4)11(7-3)12-9-6-2/h3,10-12H,5-6,8-9H2,1-2,4H3. The van der Waals surface area contributed by atoms with Crippen molar-refractivity contribution in [1.29, 1.82) is 0 Å². The summed E-state index contributed by atoms with van der Waals surface area (Å²) >= 11 is 0. The van der Waals surface area contributed by atoms with E-state index in [2.05, 4.69) is 32.0 Å². The van der Waals surface area contributed by atoms with Gasteiger partial charge < -0.3 is 5.32 Å². The summed E-state index contributed by atoms with van der Waals surface area (Å²) < 4.78 is 0. The molecule has 0 aliphatic rings. The first kappa shape index (κ1) is 11.5. The van der Waals surface area contributed by atoms with Crippen LogP contribution in [0.5, 0.6) is 0 Å². The molecular formula is C11H21N. The van der Waals surface area contributed by atoms with Gasteiger partial charge in [-0.1, -0.05) is 33.1 Å². The average Bonchev–Trinajstić information content (AvgIpc) is 2.06. The molecule has 0 bridgehead atoms. The molecule has 0 aromatic heterocycles. The summed E-state index contributed by atoms with van der Waals surface area (Å²) in [5, 5.41) is 3.37. The lowest BCUT2D eigenvalue weighted by molar-refractivity contribution is 0.417. The Morgan fingerprint density at radius 2 is 2.00 bits per heavy atom. The van der Waals surface area contributed by atoms with Crippen molar-refractivity contribution in [3.05, 3.63) is 0 Å². The summed E-state index contributed by atoms with van der Waals surface area (Å²) in [5.74, 6) is 3.41. The summed E-state index contributed by atoms with van der Waals surface area (Å²) in [6.07, 6.45) is 9.01. The zero-order valence-electron chi connectivity index (χ0n) is 8.56. The van der Waals surface area contributed by atoms with Crippen molar-refractivity contribution in [2.24, 2.45) is 5.92 Å². The highest BCUT2D eigenvalue weighted by molar-refractivity contribution is 5.00. The lowest BCUT2D eigenvalue weighted by Gasteiger charge is -2.19. The number of hydrogen-bond donors (Lipinski definition) is 1. The summed E-state index contributed by atoms with van der Waals surface area (Å²) in [6.45, 7) is 7.61. The van der Waals surface area contributed by atoms with Crippen molar-refractivity contribution >= 4 is 0 Å². The van der Waals surface area contributed by atoms with E-state index in [0.29, 0.717) is 5.92 Å². The Labute approximate surface area is 76.9 Å². The summed E-state index contributed by atoms with van der Waals surface area (Å²) in [6, 6.07) is 0.268. The molecule has 0 saturated heterocycles. The van der Waals surface area contributed by atoms with Crippen molar-refractivity contribution in [1.82, 2.24) is 5.32 Å². The van der Waals surface area contributed by atoms with Gasteiger partial charge in [-0.25, -0.2) is 0 Å². The normalized spacial score (nSPS) is 15.2. The molecule has 0 fully saturated rings. The third kappa shape index (κ3) is 4.41. The van der Waals surface area contributed by atoms with E-state index in [1.807, 2.05) is 0 Å². The second kappa shape index (κ2) is 7.18. The van der Waals surface area contributed by atoms with Gasteiger partial charge in [0.15, 0.2) is 0 Å². The second-order valence-corrected chi connectivity index (χ2v) is 3.36. The van der Waals surface area contributed by atoms with Crippen molar-refractivity contribution < 1.29 is 0 Å². The minimum absolute atomic E-state index is 0.268. The van der Waals surface area contributed by atoms with Gasteiger partial charge in [0.25, 0.3) is 0 Å². The molecule has 0 rings (SSSR count). The van der Waals surface area contributed by atoms with Crippen molar-refractivity contribution in [3.63, 3.8) is 0 Å². The van der Waals surface area contributed by atoms with Crippen LogP contribution >= 0.6 is 0 Å². The van der Waals surface area contributed by atoms with E-state index in [1.165, 1.54) is 12.8 Å². The van der Waals surface area contributed by atoms with Gasteiger partial charge in [0, 0.05) is 0 Å². The van der Waals surface area contributed by atoms with Crippen LogP contribution in [0, 0.1) is 18.3 Å². The lowest BCUT2D eigenvalue weighted by atomic mass is 9.97. The lowest BCUT2D eigenvalue weighted by Crippen LogP contribution is -2.34. The second-order valence-electron chi connectivity index (χ2n) is 3.36. The summed E-state index contributed by atoms with van der Waals surface area (Å²) in [7, 11) is 0. The number of terminal acetylenes is 1. The van der Waals surface area contributed by atoms with Crippen LogP contribution in [0.3, 0.4) is 0 Å². The van der Waals surface area contributed by atoms with Crippen LogP contribution in [-0.2, 0) is 0 Å². The Morgan fingerprint density at radius 1 is 1.33 bits per heavy atom. The largest absolute Gasteiger partial charge is 0.303 e. The molecule has 12 heavy (non-hydrogen) atoms. The van der Waals surface area contributed by atoms with Gasteiger partial charge in [-0.3, -0.25) is 0 Å². The zero-order valence-corrected chi connectivity index (χ0v) is 8.56. The highest BCUT2D eigenvalue weighted by atomic mass is 14.9. The monoisotopic (exact) mass is 167 g/mol. The molecule has 2 atom stereocenters. The number of nitrogens with one attached hydrogen (secondary N) is 1. The fourth-order valence-corrected chi connectivity index (χ4v) is 1.35. The van der Waals surface area contributed by atoms with Crippen LogP contribution < -0.4 is 5.32 Å². The molecular weight excluding hydrogens is 146 g/mol. The van der Waals surface area contributed by atoms with E-state index in [4.69, 9.17) is 6.42 Å². The molecule has 0 aliphatic carbocycles. The average molecular weight is 167 g/mol. The predicted molar refractivity (Wildman–Crippen MR) is 55.0 cm³/mol. The van der Waals surface area contributed by atoms with E-state index in [9.17, 15) is 0 Å². The van der Waals surface area contributed by atoms with Gasteiger partial charge in [-0.15, -0.1) is 6.42 Å². The minimum atomic E-state index is 0.268. The van der Waals surface area contributed by atoms with Crippen LogP contribution in [0.15, 0.2) is 0 Å². The van der Waals surface area contributed by atoms with E-state index in [-0.39, 0.29) is 6.04 Å². The Kier molecular flexibility index (Phi) is 6.90. The Morgan fingerprint density at radius 3 is 2.42 bits per heavy atom. The molecule has 0 amide bonds. The van der Waals surface area contributed by atoms with Crippen LogP contribution in [0.1, 0.15) is 40.0 Å². The predicted octanol–water partition coefficient (Wildman–Crippen LogP) is 2.42. The fraction of sp³-hybridized carbons (Fsp3) is 0.818. The summed E-state index contributed by atoms with van der Waals surface area (Å²) in [4.78, 5) is 0. The van der Waals surface area contributed by atoms with Gasteiger partial charge in [-0.2, -0.15) is 0 Å². The smallest absolute Gasteiger partial charge is 0.0712 e. The first-order valence-corrected chi connectivity index (χ1v) is 4.95. The molecule has 1 nitrogen and oxygen atoms in total. The molecule has 1 heteroatoms. The first-order valence-electron chi connectivity index (χ1n) is 4.95. The van der Waals surface area contributed by atoms with Crippen LogP contribution in [-0.4, -0.2) is 12.6 Å². The maximum Gasteiger partial charge on any atom is 0.0712 e. The minimum Gasteiger partial charge on any atom is -0.303 e. The summed E-state index contributed by atoms with van der Waals surface area (Å²) in [5.41, 5.74) is 0. The third-order valence-corrected chi connectivity index (χ3v) is 2.11. The van der Waals surface area contributed by atoms with Gasteiger partial charge in [0.05, 0.1) is 6.04 Å². The van der Waals surface area contributed by atoms with Gasteiger partial charge in [-0.05, 0) is 25.3 Å². The van der Waals surface area contributed by atoms with Crippen LogP contribution in [0.25, 0.3) is 0 Å². The van der Waals surface area contributed by atoms with Gasteiger partial charge in [0.1, 0.15) is 0 Å². The van der Waals surface area contributed by atoms with Crippen molar-refractivity contribution in [2.75, 3.05) is 6.54 Å². The quantitative estimate of drug-likeness (QED) is 0.599. The molecule has 0 aromatic rings. The van der Waals surface area contributed by atoms with Crippen molar-refractivity contribution in [3.8, 4) is 12.3 Å². The topological polar surface area (TPSA) is 12.0 Å². The van der Waals surface area contributed by atoms with Gasteiger partial charge in [0.2, 0.25) is 0 Å². The molecule has 0 radical (unpaired) electrons. The number of rotatable bonds is 6. The molecule has 70 valence electrons. The molecule has 0 aromatic carbocycles. The fourth-order valence-electron chi connectivity index (χ4n) is 1.35. The number of hydrogen-bond acceptors (Lipinski definition) is 1. The SMILES string of the molecule is C#CC(NCCC)C(C)CCC. The Hall–Kier alpha value is -0.480. The van der Waals surface area contributed by atoms with E-state index < -0.39 is 0 Å². The molecule has 1 N–H and O–H groups in total. The molecule has 0 spiro atoms. The molecule has 0 saturated carbocycles. The van der Waals surface area contributed by atoms with Gasteiger partial charge >= 0.3 is 0 Å². The van der Waals surface area contributed by atoms with Crippen LogP contribution in [0.4, 0.5) is 0 Å². The van der Waals surface area contributed by atoms with E-state index in [0.717, 1.165) is 13.0 Å². The highest BCUT2D eigenvalue weighted by Gasteiger charge is 2.11. The van der Waals surface area contributed by atoms with E-state index in [1.54, 1.807) is 0 Å². The first-order chi connectivity index (χ1) is 5.76. The molecule has 0 heterocycles. The molecule has 0 aliphatic heterocycles. The van der Waals surface area contributed by atoms with Crippen LogP contribution in [0.2, 0.25) is 0 Å². The Balaban J connectivity index is 3.73. The van der Waals surface area contributed by atoms with Crippen molar-refractivity contribution in [2.45, 2.75) is 46.1 Å². The highest BCUT2D eigenvalue weighted by Crippen LogP contribution is 2.09. The Bertz CT molecular complexity index is 134.